The van der Waals surface area contributed by atoms with Crippen molar-refractivity contribution >= 4 is 23.6 Å². The van der Waals surface area contributed by atoms with Crippen molar-refractivity contribution in [2.45, 2.75) is 37.9 Å². The summed E-state index contributed by atoms with van der Waals surface area (Å²) in [6.07, 6.45) is 2.69. The fourth-order valence-electron chi connectivity index (χ4n) is 1.73. The zero-order valence-electron chi connectivity index (χ0n) is 10.4. The number of imidazole rings is 1. The van der Waals surface area contributed by atoms with Gasteiger partial charge in [-0.25, -0.2) is 4.98 Å². The van der Waals surface area contributed by atoms with E-state index in [1.54, 1.807) is 6.20 Å². The molecule has 1 heterocycles. The Balaban J connectivity index is 2.93. The summed E-state index contributed by atoms with van der Waals surface area (Å²) in [6, 6.07) is -0.115. The number of hydrogen-bond donors (Lipinski definition) is 2. The number of aryl methyl sites for hydroxylation is 1. The molecular weight excluding hydrogens is 254 g/mol. The first-order valence-electron chi connectivity index (χ1n) is 5.64. The third-order valence-corrected chi connectivity index (χ3v) is 3.42. The van der Waals surface area contributed by atoms with Crippen LogP contribution in [0.5, 0.6) is 0 Å². The third kappa shape index (κ3) is 3.76. The van der Waals surface area contributed by atoms with E-state index in [9.17, 15) is 9.59 Å². The number of rotatable bonds is 7. The van der Waals surface area contributed by atoms with Gasteiger partial charge in [-0.2, -0.15) is 0 Å². The smallest absolute Gasteiger partial charge is 0.313 e. The Kier molecular flexibility index (Phi) is 5.21. The molecule has 7 heteroatoms. The van der Waals surface area contributed by atoms with E-state index < -0.39 is 5.97 Å². The molecule has 3 N–H and O–H groups in total. The number of nitrogens with two attached hydrogens (primary N) is 1. The van der Waals surface area contributed by atoms with Crippen LogP contribution in [0.25, 0.3) is 0 Å². The number of primary amides is 1. The van der Waals surface area contributed by atoms with E-state index in [4.69, 9.17) is 10.8 Å². The molecule has 6 nitrogen and oxygen atoms in total. The van der Waals surface area contributed by atoms with Crippen LogP contribution >= 0.6 is 11.8 Å². The van der Waals surface area contributed by atoms with Gasteiger partial charge in [0.25, 0.3) is 0 Å². The summed E-state index contributed by atoms with van der Waals surface area (Å²) in [6.45, 7) is 3.85. The third-order valence-electron chi connectivity index (χ3n) is 2.46. The number of carboxylic acid groups (broad SMARTS) is 1. The summed E-state index contributed by atoms with van der Waals surface area (Å²) in [7, 11) is 0. The van der Waals surface area contributed by atoms with Gasteiger partial charge in [-0.1, -0.05) is 18.7 Å². The van der Waals surface area contributed by atoms with Crippen molar-refractivity contribution in [3.8, 4) is 0 Å². The minimum atomic E-state index is -0.893. The van der Waals surface area contributed by atoms with Gasteiger partial charge in [-0.05, 0) is 13.3 Å². The average Bonchev–Trinajstić information content (AvgIpc) is 2.68. The molecule has 18 heavy (non-hydrogen) atoms. The second kappa shape index (κ2) is 6.44. The standard InChI is InChI=1S/C11H17N3O3S/c1-3-8-5-13-11(18-6-10(16)17)14(8)7(2)4-9(12)15/h5,7H,3-4,6H2,1-2H3,(H2,12,15)(H,16,17). The quantitative estimate of drug-likeness (QED) is 0.722. The van der Waals surface area contributed by atoms with Gasteiger partial charge in [0.2, 0.25) is 5.91 Å². The number of aromatic nitrogens is 2. The van der Waals surface area contributed by atoms with Crippen LogP contribution in [0.3, 0.4) is 0 Å². The molecule has 0 aliphatic rings. The van der Waals surface area contributed by atoms with Crippen molar-refractivity contribution in [1.82, 2.24) is 9.55 Å². The van der Waals surface area contributed by atoms with E-state index in [1.807, 2.05) is 18.4 Å². The van der Waals surface area contributed by atoms with E-state index in [0.29, 0.717) is 5.16 Å². The number of hydrogen-bond acceptors (Lipinski definition) is 4. The molecule has 0 bridgehead atoms. The van der Waals surface area contributed by atoms with E-state index >= 15 is 0 Å². The van der Waals surface area contributed by atoms with Crippen LogP contribution < -0.4 is 5.73 Å². The molecule has 0 aliphatic carbocycles. The molecule has 100 valence electrons. The number of nitrogens with zero attached hydrogens (tertiary/aromatic N) is 2. The first-order chi connectivity index (χ1) is 8.45. The molecule has 0 saturated carbocycles. The second-order valence-electron chi connectivity index (χ2n) is 3.96. The second-order valence-corrected chi connectivity index (χ2v) is 4.90. The van der Waals surface area contributed by atoms with Crippen LogP contribution in [0.15, 0.2) is 11.4 Å². The molecule has 1 unspecified atom stereocenters. The number of aliphatic carboxylic acids is 1. The maximum Gasteiger partial charge on any atom is 0.313 e. The predicted octanol–water partition coefficient (Wildman–Crippen LogP) is 1.06. The first kappa shape index (κ1) is 14.6. The summed E-state index contributed by atoms with van der Waals surface area (Å²) in [4.78, 5) is 25.7. The van der Waals surface area contributed by atoms with Crippen LogP contribution in [0.2, 0.25) is 0 Å². The topological polar surface area (TPSA) is 98.2 Å². The van der Waals surface area contributed by atoms with E-state index in [2.05, 4.69) is 4.98 Å². The monoisotopic (exact) mass is 271 g/mol. The fraction of sp³-hybridized carbons (Fsp3) is 0.545. The molecule has 0 saturated heterocycles. The normalized spacial score (nSPS) is 12.3. The van der Waals surface area contributed by atoms with Gasteiger partial charge in [0.05, 0.1) is 5.75 Å². The maximum absolute atomic E-state index is 11.0. The summed E-state index contributed by atoms with van der Waals surface area (Å²) in [5, 5.41) is 9.30. The van der Waals surface area contributed by atoms with Gasteiger partial charge in [0, 0.05) is 24.4 Å². The molecular formula is C11H17N3O3S. The van der Waals surface area contributed by atoms with Crippen molar-refractivity contribution in [1.29, 1.82) is 0 Å². The Labute approximate surface area is 110 Å². The summed E-state index contributed by atoms with van der Waals surface area (Å²) < 4.78 is 1.89. The number of amides is 1. The molecule has 0 fully saturated rings. The lowest BCUT2D eigenvalue weighted by Gasteiger charge is -2.17. The Morgan fingerprint density at radius 3 is 2.78 bits per heavy atom. The Bertz CT molecular complexity index is 445. The lowest BCUT2D eigenvalue weighted by Crippen LogP contribution is -2.19. The first-order valence-corrected chi connectivity index (χ1v) is 6.63. The van der Waals surface area contributed by atoms with Crippen LogP contribution in [-0.2, 0) is 16.0 Å². The van der Waals surface area contributed by atoms with Crippen molar-refractivity contribution in [2.24, 2.45) is 5.73 Å². The zero-order chi connectivity index (χ0) is 13.7. The highest BCUT2D eigenvalue weighted by Gasteiger charge is 2.17. The van der Waals surface area contributed by atoms with Gasteiger partial charge in [-0.3, -0.25) is 9.59 Å². The molecule has 0 spiro atoms. The van der Waals surface area contributed by atoms with Crippen molar-refractivity contribution in [2.75, 3.05) is 5.75 Å². The predicted molar refractivity (Wildman–Crippen MR) is 68.5 cm³/mol. The Morgan fingerprint density at radius 2 is 2.28 bits per heavy atom. The highest BCUT2D eigenvalue weighted by atomic mass is 32.2. The lowest BCUT2D eigenvalue weighted by molar-refractivity contribution is -0.134. The summed E-state index contributed by atoms with van der Waals surface area (Å²) >= 11 is 1.15. The molecule has 1 aromatic rings. The molecule has 0 aromatic carbocycles. The minimum Gasteiger partial charge on any atom is -0.481 e. The van der Waals surface area contributed by atoms with Gasteiger partial charge in [-0.15, -0.1) is 0 Å². The van der Waals surface area contributed by atoms with Crippen LogP contribution in [-0.4, -0.2) is 32.3 Å². The van der Waals surface area contributed by atoms with Crippen LogP contribution in [0, 0.1) is 0 Å². The highest BCUT2D eigenvalue weighted by molar-refractivity contribution is 7.99. The van der Waals surface area contributed by atoms with Gasteiger partial charge >= 0.3 is 5.97 Å². The molecule has 0 aliphatic heterocycles. The molecule has 0 radical (unpaired) electrons. The van der Waals surface area contributed by atoms with E-state index in [1.165, 1.54) is 0 Å². The number of carbonyl (C=O) groups excluding carboxylic acids is 1. The van der Waals surface area contributed by atoms with Crippen molar-refractivity contribution < 1.29 is 14.7 Å². The van der Waals surface area contributed by atoms with E-state index in [-0.39, 0.29) is 24.1 Å². The SMILES string of the molecule is CCc1cnc(SCC(=O)O)n1C(C)CC(N)=O. The largest absolute Gasteiger partial charge is 0.481 e. The van der Waals surface area contributed by atoms with Gasteiger partial charge < -0.3 is 15.4 Å². The molecule has 1 aromatic heterocycles. The summed E-state index contributed by atoms with van der Waals surface area (Å²) in [5.74, 6) is -1.33. The van der Waals surface area contributed by atoms with Crippen LogP contribution in [0.1, 0.15) is 32.0 Å². The lowest BCUT2D eigenvalue weighted by atomic mass is 10.2. The zero-order valence-corrected chi connectivity index (χ0v) is 11.2. The highest BCUT2D eigenvalue weighted by Crippen LogP contribution is 2.25. The molecule has 1 atom stereocenters. The average molecular weight is 271 g/mol. The van der Waals surface area contributed by atoms with Crippen molar-refractivity contribution in [3.05, 3.63) is 11.9 Å². The number of thioether (sulfide) groups is 1. The van der Waals surface area contributed by atoms with Gasteiger partial charge in [0.1, 0.15) is 0 Å². The molecule has 1 amide bonds. The minimum absolute atomic E-state index is 0.0521. The number of carbonyl (C=O) groups is 2. The number of carboxylic acids is 1. The maximum atomic E-state index is 11.0. The summed E-state index contributed by atoms with van der Waals surface area (Å²) in [5.41, 5.74) is 6.16. The van der Waals surface area contributed by atoms with Crippen LogP contribution in [0.4, 0.5) is 0 Å². The Morgan fingerprint density at radius 1 is 1.61 bits per heavy atom. The van der Waals surface area contributed by atoms with Crippen molar-refractivity contribution in [3.63, 3.8) is 0 Å². The van der Waals surface area contributed by atoms with Gasteiger partial charge in [0.15, 0.2) is 5.16 Å². The van der Waals surface area contributed by atoms with E-state index in [0.717, 1.165) is 23.9 Å². The molecule has 1 rings (SSSR count). The Hall–Kier alpha value is -1.50. The fourth-order valence-corrected chi connectivity index (χ4v) is 2.54.